The van der Waals surface area contributed by atoms with E-state index in [1.165, 1.54) is 44.5 Å². The third-order valence-corrected chi connectivity index (χ3v) is 39.1. The van der Waals surface area contributed by atoms with Crippen molar-refractivity contribution < 1.29 is 15.7 Å². The van der Waals surface area contributed by atoms with Crippen LogP contribution in [0.5, 0.6) is 0 Å². The zero-order chi connectivity index (χ0) is 33.4. The van der Waals surface area contributed by atoms with E-state index >= 15 is 0 Å². The van der Waals surface area contributed by atoms with Gasteiger partial charge in [0.1, 0.15) is 0 Å². The molecule has 0 spiro atoms. The molecule has 4 aromatic rings. The van der Waals surface area contributed by atoms with Crippen LogP contribution in [-0.2, 0) is 26.5 Å². The molecule has 0 amide bonds. The molecule has 4 aromatic carbocycles. The molecule has 0 aliphatic heterocycles. The fraction of sp³-hybridized carbons (Fsp3) is 0.293. The molecule has 6 rings (SSSR count). The molecule has 0 bridgehead atoms. The molecule has 0 heterocycles. The number of aryl methyl sites for hydroxylation is 2. The van der Waals surface area contributed by atoms with Crippen LogP contribution in [0.2, 0.25) is 3.67 Å². The van der Waals surface area contributed by atoms with Crippen molar-refractivity contribution in [1.82, 2.24) is 0 Å². The second-order valence-electron chi connectivity index (χ2n) is 15.3. The topological polar surface area (TPSA) is 0 Å². The van der Waals surface area contributed by atoms with Crippen LogP contribution in [-0.4, -0.2) is 3.26 Å². The van der Waals surface area contributed by atoms with Crippen LogP contribution in [0.15, 0.2) is 106 Å². The van der Waals surface area contributed by atoms with E-state index in [2.05, 4.69) is 184 Å². The normalized spacial score (nSPS) is 15.4. The van der Waals surface area contributed by atoms with Gasteiger partial charge in [0.2, 0.25) is 0 Å². The van der Waals surface area contributed by atoms with Gasteiger partial charge in [-0.2, -0.15) is 0 Å². The molecular weight excluding hydrogens is 902 g/mol. The predicted octanol–water partition coefficient (Wildman–Crippen LogP) is 13.7. The Balaban J connectivity index is 1.85. The Labute approximate surface area is 300 Å². The number of hydrogen-bond donors (Lipinski definition) is 0. The predicted molar refractivity (Wildman–Crippen MR) is 206 cm³/mol. The zero-order valence-corrected chi connectivity index (χ0v) is 36.2. The SMILES string of the molecule is Cc1cc2c(cc1C(C)(C)C)-c1cc(C(C)(C)C)c(C)cc1[CH]2[Hf]([Cl])([Cl])(=[C](c1ccc(Br)cc1)c1ccc(Br)cc1)[CH]1C=CC=C1. The van der Waals surface area contributed by atoms with E-state index in [1.54, 1.807) is 0 Å². The van der Waals surface area contributed by atoms with E-state index in [0.717, 1.165) is 23.3 Å². The molecule has 5 heteroatoms. The van der Waals surface area contributed by atoms with E-state index in [4.69, 9.17) is 17.2 Å². The van der Waals surface area contributed by atoms with Crippen molar-refractivity contribution in [1.29, 1.82) is 0 Å². The molecule has 0 nitrogen and oxygen atoms in total. The summed E-state index contributed by atoms with van der Waals surface area (Å²) in [5.74, 6) is 0. The number of benzene rings is 4. The van der Waals surface area contributed by atoms with Crippen molar-refractivity contribution in [2.24, 2.45) is 0 Å². The minimum absolute atomic E-state index is 0.00125. The van der Waals surface area contributed by atoms with Crippen LogP contribution in [0, 0.1) is 13.8 Å². The van der Waals surface area contributed by atoms with Gasteiger partial charge in [-0.05, 0) is 0 Å². The van der Waals surface area contributed by atoms with Crippen molar-refractivity contribution in [3.8, 4) is 11.1 Å². The van der Waals surface area contributed by atoms with Gasteiger partial charge < -0.3 is 0 Å². The van der Waals surface area contributed by atoms with Gasteiger partial charge in [0.15, 0.2) is 0 Å². The standard InChI is InChI=1S/C23H29.C13H8Br2.C5H5.2ClH.Hf/c1-14-9-16-11-17-10-15(2)21(23(6,7)8)13-19(17)18(16)12-20(14)22(3,4)5;14-12-5-1-10(2-6-12)9-11-3-7-13(15)8-4-11;1-2-4-5-3-1;;;/h9-13H,1-8H3;1-8H;1-5H;2*1H;/q;;;;;+2/p-2. The summed E-state index contributed by atoms with van der Waals surface area (Å²) in [6.07, 6.45) is 8.78. The quantitative estimate of drug-likeness (QED) is 0.179. The average Bonchev–Trinajstić information content (AvgIpc) is 3.61. The summed E-state index contributed by atoms with van der Waals surface area (Å²) < 4.78 is 2.93. The first-order valence-corrected chi connectivity index (χ1v) is 32.5. The zero-order valence-electron chi connectivity index (χ0n) is 27.9. The van der Waals surface area contributed by atoms with Gasteiger partial charge in [-0.25, -0.2) is 0 Å². The van der Waals surface area contributed by atoms with Gasteiger partial charge in [0.05, 0.1) is 0 Å². The van der Waals surface area contributed by atoms with Crippen LogP contribution in [0.4, 0.5) is 0 Å². The number of hydrogen-bond acceptors (Lipinski definition) is 0. The van der Waals surface area contributed by atoms with E-state index < -0.39 is 15.7 Å². The Hall–Kier alpha value is -1.36. The van der Waals surface area contributed by atoms with Gasteiger partial charge in [-0.3, -0.25) is 0 Å². The van der Waals surface area contributed by atoms with Crippen LogP contribution in [0.3, 0.4) is 0 Å². The summed E-state index contributed by atoms with van der Waals surface area (Å²) in [5.41, 5.74) is 12.6. The monoisotopic (exact) mass is 942 g/mol. The van der Waals surface area contributed by atoms with E-state index in [1.807, 2.05) is 0 Å². The molecule has 0 aromatic heterocycles. The Morgan fingerprint density at radius 3 is 1.33 bits per heavy atom. The molecule has 2 aliphatic rings. The first-order chi connectivity index (χ1) is 21.4. The van der Waals surface area contributed by atoms with Crippen LogP contribution >= 0.6 is 49.0 Å². The second kappa shape index (κ2) is 11.9. The Bertz CT molecular complexity index is 1870. The number of rotatable bonds is 4. The summed E-state index contributed by atoms with van der Waals surface area (Å²) >= 11 is 1.77. The Morgan fingerprint density at radius 1 is 0.609 bits per heavy atom. The molecular formula is C41H42Br2Cl2Hf. The molecule has 238 valence electrons. The van der Waals surface area contributed by atoms with E-state index in [0.29, 0.717) is 0 Å². The van der Waals surface area contributed by atoms with Crippen LogP contribution in [0.25, 0.3) is 11.1 Å². The van der Waals surface area contributed by atoms with Crippen molar-refractivity contribution in [3.05, 3.63) is 151 Å². The average molecular weight is 944 g/mol. The third-order valence-electron chi connectivity index (χ3n) is 9.95. The molecule has 0 unspecified atom stereocenters. The van der Waals surface area contributed by atoms with Crippen molar-refractivity contribution in [2.45, 2.75) is 73.6 Å². The van der Waals surface area contributed by atoms with Crippen LogP contribution < -0.4 is 0 Å². The molecule has 0 N–H and O–H groups in total. The summed E-state index contributed by atoms with van der Waals surface area (Å²) in [6.45, 7) is 18.3. The third kappa shape index (κ3) is 5.73. The van der Waals surface area contributed by atoms with Crippen molar-refractivity contribution >= 4 is 52.3 Å². The first-order valence-electron chi connectivity index (χ1n) is 16.0. The summed E-state index contributed by atoms with van der Waals surface area (Å²) in [5, 5.41) is 0. The van der Waals surface area contributed by atoms with Gasteiger partial charge in [-0.1, -0.05) is 0 Å². The number of allylic oxidation sites excluding steroid dienone is 4. The van der Waals surface area contributed by atoms with Gasteiger partial charge in [-0.15, -0.1) is 0 Å². The summed E-state index contributed by atoms with van der Waals surface area (Å²) in [7, 11) is 17.5. The molecule has 0 fully saturated rings. The van der Waals surface area contributed by atoms with E-state index in [9.17, 15) is 0 Å². The maximum atomic E-state index is 8.76. The van der Waals surface area contributed by atoms with Crippen molar-refractivity contribution in [2.75, 3.05) is 0 Å². The summed E-state index contributed by atoms with van der Waals surface area (Å²) in [4.78, 5) is 0. The Kier molecular flexibility index (Phi) is 8.93. The number of fused-ring (bicyclic) bond motifs is 3. The molecule has 0 radical (unpaired) electrons. The Morgan fingerprint density at radius 2 is 0.978 bits per heavy atom. The van der Waals surface area contributed by atoms with Gasteiger partial charge >= 0.3 is 303 Å². The van der Waals surface area contributed by atoms with Crippen molar-refractivity contribution in [3.63, 3.8) is 0 Å². The van der Waals surface area contributed by atoms with Gasteiger partial charge in [0.25, 0.3) is 0 Å². The summed E-state index contributed by atoms with van der Waals surface area (Å²) in [6, 6.07) is 26.9. The van der Waals surface area contributed by atoms with Crippen LogP contribution in [0.1, 0.15) is 89.7 Å². The molecule has 0 saturated heterocycles. The van der Waals surface area contributed by atoms with Gasteiger partial charge in [0, 0.05) is 0 Å². The molecule has 46 heavy (non-hydrogen) atoms. The number of halogens is 4. The molecule has 0 saturated carbocycles. The minimum atomic E-state index is -5.58. The fourth-order valence-electron chi connectivity index (χ4n) is 8.00. The molecule has 0 atom stereocenters. The fourth-order valence-corrected chi connectivity index (χ4v) is 36.3. The second-order valence-corrected chi connectivity index (χ2v) is 46.6. The molecule has 2 aliphatic carbocycles. The first kappa shape index (κ1) is 34.5. The maximum absolute atomic E-state index is 8.76. The van der Waals surface area contributed by atoms with E-state index in [-0.39, 0.29) is 18.2 Å².